The van der Waals surface area contributed by atoms with E-state index in [-0.39, 0.29) is 5.92 Å². The fourth-order valence-corrected chi connectivity index (χ4v) is 2.31. The maximum Gasteiger partial charge on any atom is 0.307 e. The number of benzene rings is 1. The van der Waals surface area contributed by atoms with Gasteiger partial charge in [0.05, 0.1) is 5.92 Å². The molecule has 1 saturated heterocycles. The van der Waals surface area contributed by atoms with Crippen LogP contribution in [-0.4, -0.2) is 24.2 Å². The third-order valence-corrected chi connectivity index (χ3v) is 3.21. The van der Waals surface area contributed by atoms with E-state index in [1.165, 1.54) is 11.1 Å². The molecule has 1 fully saturated rings. The Bertz CT molecular complexity index is 389. The maximum absolute atomic E-state index is 11.0. The number of carboxylic acids is 1. The van der Waals surface area contributed by atoms with Crippen LogP contribution in [0.3, 0.4) is 0 Å². The van der Waals surface area contributed by atoms with Crippen LogP contribution in [0.4, 0.5) is 0 Å². The molecule has 0 saturated carbocycles. The summed E-state index contributed by atoms with van der Waals surface area (Å²) >= 11 is 0. The molecule has 2 rings (SSSR count). The van der Waals surface area contributed by atoms with E-state index >= 15 is 0 Å². The highest BCUT2D eigenvalue weighted by Crippen LogP contribution is 2.27. The molecule has 1 aliphatic rings. The van der Waals surface area contributed by atoms with Crippen LogP contribution in [0.5, 0.6) is 0 Å². The van der Waals surface area contributed by atoms with Crippen molar-refractivity contribution in [1.82, 2.24) is 5.32 Å². The average Bonchev–Trinajstić information content (AvgIpc) is 2.29. The lowest BCUT2D eigenvalue weighted by Gasteiger charge is -2.28. The van der Waals surface area contributed by atoms with E-state index < -0.39 is 5.97 Å². The summed E-state index contributed by atoms with van der Waals surface area (Å²) in [6.07, 6.45) is 0.742. The van der Waals surface area contributed by atoms with Crippen LogP contribution in [-0.2, 0) is 4.79 Å². The van der Waals surface area contributed by atoms with Crippen LogP contribution < -0.4 is 5.32 Å². The Kier molecular flexibility index (Phi) is 3.25. The van der Waals surface area contributed by atoms with Crippen LogP contribution in [0.1, 0.15) is 23.5 Å². The molecule has 2 N–H and O–H groups in total. The summed E-state index contributed by atoms with van der Waals surface area (Å²) in [4.78, 5) is 11.0. The second-order valence-electron chi connectivity index (χ2n) is 4.54. The molecule has 86 valence electrons. The van der Waals surface area contributed by atoms with E-state index in [4.69, 9.17) is 5.11 Å². The maximum atomic E-state index is 11.0. The van der Waals surface area contributed by atoms with Gasteiger partial charge in [0.15, 0.2) is 0 Å². The minimum Gasteiger partial charge on any atom is -0.481 e. The molecule has 0 amide bonds. The molecule has 1 heterocycles. The van der Waals surface area contributed by atoms with Gasteiger partial charge in [-0.3, -0.25) is 4.79 Å². The smallest absolute Gasteiger partial charge is 0.307 e. The normalized spacial score (nSPS) is 25.3. The first-order chi connectivity index (χ1) is 7.66. The van der Waals surface area contributed by atoms with Gasteiger partial charge in [-0.25, -0.2) is 0 Å². The van der Waals surface area contributed by atoms with Gasteiger partial charge < -0.3 is 10.4 Å². The second kappa shape index (κ2) is 4.66. The van der Waals surface area contributed by atoms with Crippen molar-refractivity contribution in [2.75, 3.05) is 13.1 Å². The average molecular weight is 219 g/mol. The number of carbonyl (C=O) groups is 1. The zero-order chi connectivity index (χ0) is 11.5. The van der Waals surface area contributed by atoms with E-state index in [0.717, 1.165) is 13.0 Å². The van der Waals surface area contributed by atoms with E-state index in [1.54, 1.807) is 0 Å². The molecule has 0 bridgehead atoms. The van der Waals surface area contributed by atoms with Gasteiger partial charge in [-0.15, -0.1) is 0 Å². The molecule has 0 aliphatic carbocycles. The van der Waals surface area contributed by atoms with Gasteiger partial charge >= 0.3 is 5.97 Å². The number of nitrogens with one attached hydrogen (secondary N) is 1. The van der Waals surface area contributed by atoms with Crippen LogP contribution in [0.25, 0.3) is 0 Å². The van der Waals surface area contributed by atoms with Gasteiger partial charge in [0.2, 0.25) is 0 Å². The predicted octanol–water partition coefficient (Wildman–Crippen LogP) is 1.77. The van der Waals surface area contributed by atoms with Gasteiger partial charge in [0.1, 0.15) is 0 Å². The van der Waals surface area contributed by atoms with Crippen molar-refractivity contribution in [2.45, 2.75) is 19.3 Å². The number of hydrogen-bond donors (Lipinski definition) is 2. The topological polar surface area (TPSA) is 49.3 Å². The zero-order valence-electron chi connectivity index (χ0n) is 9.44. The minimum absolute atomic E-state index is 0.251. The SMILES string of the molecule is Cc1cccc(C2CNCC(C(=O)O)C2)c1. The number of hydrogen-bond acceptors (Lipinski definition) is 2. The number of rotatable bonds is 2. The number of aliphatic carboxylic acids is 1. The summed E-state index contributed by atoms with van der Waals surface area (Å²) in [7, 11) is 0. The lowest BCUT2D eigenvalue weighted by molar-refractivity contribution is -0.142. The van der Waals surface area contributed by atoms with Crippen molar-refractivity contribution in [1.29, 1.82) is 0 Å². The summed E-state index contributed by atoms with van der Waals surface area (Å²) in [5.74, 6) is -0.612. The van der Waals surface area contributed by atoms with Crippen molar-refractivity contribution < 1.29 is 9.90 Å². The molecule has 1 aromatic carbocycles. The quantitative estimate of drug-likeness (QED) is 0.797. The molecular weight excluding hydrogens is 202 g/mol. The van der Waals surface area contributed by atoms with E-state index in [2.05, 4.69) is 30.4 Å². The fourth-order valence-electron chi connectivity index (χ4n) is 2.31. The monoisotopic (exact) mass is 219 g/mol. The van der Waals surface area contributed by atoms with Crippen molar-refractivity contribution in [3.05, 3.63) is 35.4 Å². The molecule has 16 heavy (non-hydrogen) atoms. The van der Waals surface area contributed by atoms with Crippen molar-refractivity contribution in [3.8, 4) is 0 Å². The molecular formula is C13H17NO2. The van der Waals surface area contributed by atoms with E-state index in [9.17, 15) is 4.79 Å². The second-order valence-corrected chi connectivity index (χ2v) is 4.54. The first kappa shape index (κ1) is 11.1. The molecule has 0 aromatic heterocycles. The molecule has 2 unspecified atom stereocenters. The molecule has 1 aromatic rings. The van der Waals surface area contributed by atoms with Crippen LogP contribution in [0, 0.1) is 12.8 Å². The Morgan fingerprint density at radius 1 is 1.44 bits per heavy atom. The Hall–Kier alpha value is -1.35. The van der Waals surface area contributed by atoms with E-state index in [1.807, 2.05) is 6.07 Å². The molecule has 0 spiro atoms. The van der Waals surface area contributed by atoms with Crippen molar-refractivity contribution in [3.63, 3.8) is 0 Å². The van der Waals surface area contributed by atoms with Crippen LogP contribution in [0.15, 0.2) is 24.3 Å². The summed E-state index contributed by atoms with van der Waals surface area (Å²) < 4.78 is 0. The number of piperidine rings is 1. The van der Waals surface area contributed by atoms with Gasteiger partial charge in [-0.1, -0.05) is 29.8 Å². The predicted molar refractivity (Wildman–Crippen MR) is 62.5 cm³/mol. The third kappa shape index (κ3) is 2.42. The summed E-state index contributed by atoms with van der Waals surface area (Å²) in [6.45, 7) is 3.54. The van der Waals surface area contributed by atoms with Crippen LogP contribution in [0.2, 0.25) is 0 Å². The molecule has 3 nitrogen and oxygen atoms in total. The Morgan fingerprint density at radius 2 is 2.25 bits per heavy atom. The highest BCUT2D eigenvalue weighted by atomic mass is 16.4. The van der Waals surface area contributed by atoms with Crippen molar-refractivity contribution >= 4 is 5.97 Å². The summed E-state index contributed by atoms with van der Waals surface area (Å²) in [6, 6.07) is 8.34. The molecule has 0 radical (unpaired) electrons. The van der Waals surface area contributed by atoms with Crippen molar-refractivity contribution in [2.24, 2.45) is 5.92 Å². The first-order valence-corrected chi connectivity index (χ1v) is 5.67. The highest BCUT2D eigenvalue weighted by molar-refractivity contribution is 5.70. The third-order valence-electron chi connectivity index (χ3n) is 3.21. The standard InChI is InChI=1S/C13H17NO2/c1-9-3-2-4-10(5-9)11-6-12(13(15)16)8-14-7-11/h2-5,11-12,14H,6-8H2,1H3,(H,15,16). The van der Waals surface area contributed by atoms with Gasteiger partial charge in [0, 0.05) is 13.1 Å². The number of aryl methyl sites for hydroxylation is 1. The zero-order valence-corrected chi connectivity index (χ0v) is 9.44. The highest BCUT2D eigenvalue weighted by Gasteiger charge is 2.27. The number of carboxylic acid groups (broad SMARTS) is 1. The Balaban J connectivity index is 2.12. The molecule has 1 aliphatic heterocycles. The Labute approximate surface area is 95.5 Å². The lowest BCUT2D eigenvalue weighted by atomic mass is 9.85. The van der Waals surface area contributed by atoms with Gasteiger partial charge in [-0.2, -0.15) is 0 Å². The van der Waals surface area contributed by atoms with Gasteiger partial charge in [-0.05, 0) is 24.8 Å². The molecule has 2 atom stereocenters. The van der Waals surface area contributed by atoms with E-state index in [0.29, 0.717) is 12.5 Å². The Morgan fingerprint density at radius 3 is 2.94 bits per heavy atom. The largest absolute Gasteiger partial charge is 0.481 e. The summed E-state index contributed by atoms with van der Waals surface area (Å²) in [5.41, 5.74) is 2.48. The fraction of sp³-hybridized carbons (Fsp3) is 0.462. The lowest BCUT2D eigenvalue weighted by Crippen LogP contribution is -2.38. The first-order valence-electron chi connectivity index (χ1n) is 5.67. The van der Waals surface area contributed by atoms with Crippen LogP contribution >= 0.6 is 0 Å². The molecule has 3 heteroatoms. The summed E-state index contributed by atoms with van der Waals surface area (Å²) in [5, 5.41) is 12.2. The minimum atomic E-state index is -0.690. The van der Waals surface area contributed by atoms with Gasteiger partial charge in [0.25, 0.3) is 0 Å².